The summed E-state index contributed by atoms with van der Waals surface area (Å²) < 4.78 is 0. The fourth-order valence-electron chi connectivity index (χ4n) is 2.48. The first-order chi connectivity index (χ1) is 10.7. The molecule has 0 spiro atoms. The van der Waals surface area contributed by atoms with Crippen molar-refractivity contribution in [3.05, 3.63) is 60.2 Å². The van der Waals surface area contributed by atoms with Crippen LogP contribution in [0.15, 0.2) is 54.6 Å². The molecule has 22 heavy (non-hydrogen) atoms. The van der Waals surface area contributed by atoms with Crippen molar-refractivity contribution in [1.29, 1.82) is 0 Å². The van der Waals surface area contributed by atoms with Crippen LogP contribution in [0.2, 0.25) is 0 Å². The summed E-state index contributed by atoms with van der Waals surface area (Å²) in [6, 6.07) is 14.9. The van der Waals surface area contributed by atoms with E-state index in [1.807, 2.05) is 6.07 Å². The summed E-state index contributed by atoms with van der Waals surface area (Å²) in [4.78, 5) is 24.4. The van der Waals surface area contributed by atoms with Crippen LogP contribution in [0.4, 0.5) is 5.69 Å². The average molecular weight is 297 g/mol. The minimum absolute atomic E-state index is 0.0361. The van der Waals surface area contributed by atoms with Gasteiger partial charge < -0.3 is 10.4 Å². The molecule has 6 nitrogen and oxygen atoms in total. The second kappa shape index (κ2) is 5.87. The third-order valence-corrected chi connectivity index (χ3v) is 3.56. The van der Waals surface area contributed by atoms with E-state index >= 15 is 0 Å². The number of rotatable bonds is 3. The van der Waals surface area contributed by atoms with E-state index in [0.717, 1.165) is 0 Å². The van der Waals surface area contributed by atoms with Crippen LogP contribution in [0.25, 0.3) is 0 Å². The lowest BCUT2D eigenvalue weighted by Gasteiger charge is -2.17. The van der Waals surface area contributed by atoms with Crippen molar-refractivity contribution in [2.75, 3.05) is 5.32 Å². The SMILES string of the molecule is O=C1NN[C@@H](c2ccccc2O)[C@@H]1C(=O)Nc1ccccc1. The molecule has 2 atom stereocenters. The van der Waals surface area contributed by atoms with E-state index < -0.39 is 23.8 Å². The molecule has 112 valence electrons. The summed E-state index contributed by atoms with van der Waals surface area (Å²) in [5.41, 5.74) is 6.32. The molecule has 4 N–H and O–H groups in total. The first kappa shape index (κ1) is 14.1. The normalized spacial score (nSPS) is 20.5. The van der Waals surface area contributed by atoms with E-state index in [9.17, 15) is 14.7 Å². The van der Waals surface area contributed by atoms with Gasteiger partial charge >= 0.3 is 0 Å². The van der Waals surface area contributed by atoms with Crippen LogP contribution in [-0.2, 0) is 9.59 Å². The van der Waals surface area contributed by atoms with Gasteiger partial charge in [-0.05, 0) is 18.2 Å². The lowest BCUT2D eigenvalue weighted by molar-refractivity contribution is -0.130. The molecule has 6 heteroatoms. The molecule has 1 heterocycles. The number of hydrazine groups is 1. The summed E-state index contributed by atoms with van der Waals surface area (Å²) in [6.07, 6.45) is 0. The van der Waals surface area contributed by atoms with Gasteiger partial charge in [-0.2, -0.15) is 0 Å². The molecule has 0 aromatic heterocycles. The molecule has 0 aliphatic carbocycles. The number of carbonyl (C=O) groups is 2. The highest BCUT2D eigenvalue weighted by Crippen LogP contribution is 2.32. The third-order valence-electron chi connectivity index (χ3n) is 3.56. The van der Waals surface area contributed by atoms with Crippen molar-refractivity contribution >= 4 is 17.5 Å². The second-order valence-electron chi connectivity index (χ2n) is 5.00. The largest absolute Gasteiger partial charge is 0.508 e. The number of amides is 2. The Bertz CT molecular complexity index is 703. The van der Waals surface area contributed by atoms with Crippen molar-refractivity contribution in [3.63, 3.8) is 0 Å². The molecule has 0 unspecified atom stereocenters. The summed E-state index contributed by atoms with van der Waals surface area (Å²) in [5, 5.41) is 12.6. The Morgan fingerprint density at radius 1 is 1.05 bits per heavy atom. The van der Waals surface area contributed by atoms with E-state index in [1.165, 1.54) is 6.07 Å². The Balaban J connectivity index is 1.85. The Morgan fingerprint density at radius 3 is 2.45 bits per heavy atom. The van der Waals surface area contributed by atoms with Gasteiger partial charge in [0.1, 0.15) is 11.7 Å². The van der Waals surface area contributed by atoms with Crippen LogP contribution in [-0.4, -0.2) is 16.9 Å². The van der Waals surface area contributed by atoms with E-state index in [4.69, 9.17) is 0 Å². The van der Waals surface area contributed by atoms with E-state index in [2.05, 4.69) is 16.2 Å². The molecule has 0 bridgehead atoms. The molecule has 2 aromatic carbocycles. The number of aromatic hydroxyl groups is 1. The molecule has 0 saturated carbocycles. The Kier molecular flexibility index (Phi) is 3.76. The maximum atomic E-state index is 12.4. The lowest BCUT2D eigenvalue weighted by Crippen LogP contribution is -2.32. The van der Waals surface area contributed by atoms with Gasteiger partial charge in [0.05, 0.1) is 6.04 Å². The number of hydrogen-bond donors (Lipinski definition) is 4. The van der Waals surface area contributed by atoms with Crippen LogP contribution in [0.1, 0.15) is 11.6 Å². The zero-order chi connectivity index (χ0) is 15.5. The standard InChI is InChI=1S/C16H15N3O3/c20-12-9-5-4-8-11(12)14-13(16(22)19-18-14)15(21)17-10-6-2-1-3-7-10/h1-9,13-14,18,20H,(H,17,21)(H,19,22)/t13-,14+/m1/s1. The number of phenolic OH excluding ortho intramolecular Hbond substituents is 1. The molecular weight excluding hydrogens is 282 g/mol. The van der Waals surface area contributed by atoms with E-state index in [-0.39, 0.29) is 5.75 Å². The molecule has 2 aromatic rings. The molecule has 1 aliphatic rings. The zero-order valence-electron chi connectivity index (χ0n) is 11.6. The lowest BCUT2D eigenvalue weighted by atomic mass is 9.93. The van der Waals surface area contributed by atoms with Gasteiger partial charge in [-0.25, -0.2) is 5.43 Å². The van der Waals surface area contributed by atoms with Crippen LogP contribution >= 0.6 is 0 Å². The summed E-state index contributed by atoms with van der Waals surface area (Å²) in [7, 11) is 0. The maximum absolute atomic E-state index is 12.4. The Morgan fingerprint density at radius 2 is 1.73 bits per heavy atom. The van der Waals surface area contributed by atoms with Gasteiger partial charge in [0, 0.05) is 11.3 Å². The molecule has 1 fully saturated rings. The maximum Gasteiger partial charge on any atom is 0.248 e. The third kappa shape index (κ3) is 2.64. The van der Waals surface area contributed by atoms with Crippen LogP contribution in [0.3, 0.4) is 0 Å². The molecule has 1 saturated heterocycles. The van der Waals surface area contributed by atoms with Crippen LogP contribution in [0.5, 0.6) is 5.75 Å². The van der Waals surface area contributed by atoms with Crippen molar-refractivity contribution in [2.24, 2.45) is 5.92 Å². The van der Waals surface area contributed by atoms with E-state index in [1.54, 1.807) is 42.5 Å². The second-order valence-corrected chi connectivity index (χ2v) is 5.00. The number of benzene rings is 2. The van der Waals surface area contributed by atoms with Gasteiger partial charge in [0.25, 0.3) is 0 Å². The van der Waals surface area contributed by atoms with Gasteiger partial charge in [-0.1, -0.05) is 36.4 Å². The van der Waals surface area contributed by atoms with E-state index in [0.29, 0.717) is 11.3 Å². The van der Waals surface area contributed by atoms with Crippen LogP contribution < -0.4 is 16.2 Å². The highest BCUT2D eigenvalue weighted by molar-refractivity contribution is 6.08. The summed E-state index contributed by atoms with van der Waals surface area (Å²) in [6.45, 7) is 0. The fraction of sp³-hybridized carbons (Fsp3) is 0.125. The van der Waals surface area contributed by atoms with Gasteiger partial charge in [0.2, 0.25) is 11.8 Å². The highest BCUT2D eigenvalue weighted by atomic mass is 16.3. The van der Waals surface area contributed by atoms with Crippen molar-refractivity contribution in [3.8, 4) is 5.75 Å². The van der Waals surface area contributed by atoms with Gasteiger partial charge in [-0.15, -0.1) is 0 Å². The number of hydrogen-bond acceptors (Lipinski definition) is 4. The number of phenols is 1. The quantitative estimate of drug-likeness (QED) is 0.643. The van der Waals surface area contributed by atoms with Crippen molar-refractivity contribution < 1.29 is 14.7 Å². The Hall–Kier alpha value is -2.86. The van der Waals surface area contributed by atoms with Crippen molar-refractivity contribution in [1.82, 2.24) is 10.9 Å². The Labute approximate surface area is 127 Å². The summed E-state index contributed by atoms with van der Waals surface area (Å²) >= 11 is 0. The number of para-hydroxylation sites is 2. The predicted octanol–water partition coefficient (Wildman–Crippen LogP) is 1.32. The molecular formula is C16H15N3O3. The number of nitrogens with one attached hydrogen (secondary N) is 3. The summed E-state index contributed by atoms with van der Waals surface area (Å²) in [5.74, 6) is -1.79. The first-order valence-electron chi connectivity index (χ1n) is 6.86. The monoisotopic (exact) mass is 297 g/mol. The molecule has 0 radical (unpaired) electrons. The first-order valence-corrected chi connectivity index (χ1v) is 6.86. The van der Waals surface area contributed by atoms with Crippen molar-refractivity contribution in [2.45, 2.75) is 6.04 Å². The average Bonchev–Trinajstić information content (AvgIpc) is 2.90. The topological polar surface area (TPSA) is 90.5 Å². The predicted molar refractivity (Wildman–Crippen MR) is 80.7 cm³/mol. The molecule has 3 rings (SSSR count). The fourth-order valence-corrected chi connectivity index (χ4v) is 2.48. The van der Waals surface area contributed by atoms with Crippen LogP contribution in [0, 0.1) is 5.92 Å². The van der Waals surface area contributed by atoms with Gasteiger partial charge in [-0.3, -0.25) is 15.0 Å². The zero-order valence-corrected chi connectivity index (χ0v) is 11.6. The minimum atomic E-state index is -0.964. The number of carbonyl (C=O) groups excluding carboxylic acids is 2. The number of anilines is 1. The van der Waals surface area contributed by atoms with Gasteiger partial charge in [0.15, 0.2) is 0 Å². The highest BCUT2D eigenvalue weighted by Gasteiger charge is 2.42. The molecule has 1 aliphatic heterocycles. The molecule has 2 amide bonds. The minimum Gasteiger partial charge on any atom is -0.508 e. The smallest absolute Gasteiger partial charge is 0.248 e.